The Labute approximate surface area is 161 Å². The van der Waals surface area contributed by atoms with E-state index in [9.17, 15) is 18.9 Å². The minimum Gasteiger partial charge on any atom is -0.340 e. The van der Waals surface area contributed by atoms with Crippen molar-refractivity contribution in [3.8, 4) is 0 Å². The molecule has 2 amide bonds. The molecule has 152 valence electrons. The van der Waals surface area contributed by atoms with Gasteiger partial charge in [0.1, 0.15) is 23.0 Å². The first-order valence-electron chi connectivity index (χ1n) is 8.63. The highest BCUT2D eigenvalue weighted by Crippen LogP contribution is 2.39. The van der Waals surface area contributed by atoms with Gasteiger partial charge in [0.15, 0.2) is 0 Å². The Kier molecular flexibility index (Phi) is 6.38. The number of carbonyl (C=O) groups excluding carboxylic acids is 2. The topological polar surface area (TPSA) is 151 Å². The predicted octanol–water partition coefficient (Wildman–Crippen LogP) is 0.483. The summed E-state index contributed by atoms with van der Waals surface area (Å²) in [5.74, 6) is -2.94. The van der Waals surface area contributed by atoms with Crippen LogP contribution < -0.4 is 16.1 Å². The van der Waals surface area contributed by atoms with Gasteiger partial charge < -0.3 is 25.0 Å². The maximum Gasteiger partial charge on any atom is 0.347 e. The normalized spacial score (nSPS) is 13.8. The molecule has 0 aliphatic heterocycles. The molecule has 2 heterocycles. The van der Waals surface area contributed by atoms with Gasteiger partial charge in [-0.25, -0.2) is 4.98 Å². The molecule has 0 fully saturated rings. The molecule has 4 N–H and O–H groups in total. The van der Waals surface area contributed by atoms with E-state index < -0.39 is 36.7 Å². The van der Waals surface area contributed by atoms with Gasteiger partial charge in [0.25, 0.3) is 5.91 Å². The number of fused-ring (bicyclic) bond motifs is 1. The van der Waals surface area contributed by atoms with Crippen LogP contribution in [0.2, 0.25) is 0 Å². The molecule has 0 saturated heterocycles. The number of hydrogen-bond acceptors (Lipinski definition) is 5. The van der Waals surface area contributed by atoms with Crippen LogP contribution >= 0.6 is 7.60 Å². The van der Waals surface area contributed by atoms with Crippen molar-refractivity contribution >= 4 is 30.4 Å². The number of amides is 2. The molecular weight excluding hydrogens is 387 g/mol. The Hall–Kier alpha value is -2.55. The number of nitrogens with zero attached hydrogens (tertiary/aromatic N) is 2. The zero-order valence-electron chi connectivity index (χ0n) is 16.0. The van der Waals surface area contributed by atoms with Gasteiger partial charge in [-0.2, -0.15) is 0 Å². The zero-order chi connectivity index (χ0) is 21.2. The molecule has 0 aliphatic carbocycles. The maximum atomic E-state index is 12.7. The Bertz CT molecular complexity index is 1030. The second kappa shape index (κ2) is 8.22. The third-order valence-electron chi connectivity index (χ3n) is 4.24. The fraction of sp³-hybridized carbons (Fsp3) is 0.412. The van der Waals surface area contributed by atoms with Gasteiger partial charge >= 0.3 is 7.60 Å². The van der Waals surface area contributed by atoms with Crippen molar-refractivity contribution in [3.05, 3.63) is 39.8 Å². The van der Waals surface area contributed by atoms with E-state index >= 15 is 0 Å². The lowest BCUT2D eigenvalue weighted by Crippen LogP contribution is -2.48. The summed E-state index contributed by atoms with van der Waals surface area (Å²) in [6.45, 7) is 6.62. The summed E-state index contributed by atoms with van der Waals surface area (Å²) in [5.41, 5.74) is 0.532. The summed E-state index contributed by atoms with van der Waals surface area (Å²) in [7, 11) is -4.50. The van der Waals surface area contributed by atoms with E-state index in [1.165, 1.54) is 13.1 Å². The minimum atomic E-state index is -4.50. The standard InChI is InChI=1S/C17H23N4O6P/c1-5-21-8-13(14(22)12-7-6-9(2)18-15(12)21)17(24)19-10(3)16(23)20-11(4)28(25,26)27/h6-8,10-11H,5H2,1-4H3,(H,19,24)(H,20,23)(H2,25,26,27)/t10-,11?/m0/s1. The molecule has 2 aromatic rings. The van der Waals surface area contributed by atoms with Crippen molar-refractivity contribution < 1.29 is 23.9 Å². The summed E-state index contributed by atoms with van der Waals surface area (Å²) in [6, 6.07) is 2.16. The smallest absolute Gasteiger partial charge is 0.340 e. The van der Waals surface area contributed by atoms with Crippen molar-refractivity contribution in [2.75, 3.05) is 0 Å². The minimum absolute atomic E-state index is 0.150. The van der Waals surface area contributed by atoms with Crippen LogP contribution in [-0.4, -0.2) is 43.0 Å². The van der Waals surface area contributed by atoms with Gasteiger partial charge in [-0.05, 0) is 39.8 Å². The van der Waals surface area contributed by atoms with Crippen molar-refractivity contribution in [1.29, 1.82) is 0 Å². The Morgan fingerprint density at radius 1 is 1.25 bits per heavy atom. The van der Waals surface area contributed by atoms with Gasteiger partial charge in [0.2, 0.25) is 11.3 Å². The highest BCUT2D eigenvalue weighted by atomic mass is 31.2. The summed E-state index contributed by atoms with van der Waals surface area (Å²) in [6.07, 6.45) is 1.38. The van der Waals surface area contributed by atoms with Crippen LogP contribution in [0.15, 0.2) is 23.1 Å². The molecule has 0 saturated carbocycles. The molecule has 2 rings (SSSR count). The highest BCUT2D eigenvalue weighted by Gasteiger charge is 2.28. The van der Waals surface area contributed by atoms with E-state index in [1.54, 1.807) is 23.6 Å². The fourth-order valence-corrected chi connectivity index (χ4v) is 2.81. The quantitative estimate of drug-likeness (QED) is 0.506. The van der Waals surface area contributed by atoms with Gasteiger partial charge in [-0.15, -0.1) is 0 Å². The third-order valence-corrected chi connectivity index (χ3v) is 5.38. The number of pyridine rings is 2. The average Bonchev–Trinajstić information content (AvgIpc) is 2.60. The fourth-order valence-electron chi connectivity index (χ4n) is 2.52. The number of rotatable bonds is 6. The molecule has 0 bridgehead atoms. The predicted molar refractivity (Wildman–Crippen MR) is 103 cm³/mol. The average molecular weight is 410 g/mol. The molecular formula is C17H23N4O6P. The lowest BCUT2D eigenvalue weighted by Gasteiger charge is -2.19. The van der Waals surface area contributed by atoms with Crippen molar-refractivity contribution in [1.82, 2.24) is 20.2 Å². The van der Waals surface area contributed by atoms with Crippen molar-refractivity contribution in [2.24, 2.45) is 0 Å². The van der Waals surface area contributed by atoms with Crippen molar-refractivity contribution in [3.63, 3.8) is 0 Å². The summed E-state index contributed by atoms with van der Waals surface area (Å²) >= 11 is 0. The molecule has 28 heavy (non-hydrogen) atoms. The summed E-state index contributed by atoms with van der Waals surface area (Å²) in [4.78, 5) is 59.8. The molecule has 0 aliphatic rings. The highest BCUT2D eigenvalue weighted by molar-refractivity contribution is 7.52. The summed E-state index contributed by atoms with van der Waals surface area (Å²) < 4.78 is 12.8. The van der Waals surface area contributed by atoms with E-state index in [2.05, 4.69) is 15.6 Å². The first kappa shape index (κ1) is 21.7. The van der Waals surface area contributed by atoms with E-state index in [1.807, 2.05) is 6.92 Å². The first-order valence-corrected chi connectivity index (χ1v) is 10.3. The number of aryl methyl sites for hydroxylation is 2. The molecule has 0 aromatic carbocycles. The van der Waals surface area contributed by atoms with Crippen LogP contribution in [0.3, 0.4) is 0 Å². The SMILES string of the molecule is CCn1cc(C(=O)N[C@@H](C)C(=O)NC(C)P(=O)(O)O)c(=O)c2ccc(C)nc21. The zero-order valence-corrected chi connectivity index (χ0v) is 16.9. The van der Waals surface area contributed by atoms with Crippen LogP contribution in [0, 0.1) is 6.92 Å². The van der Waals surface area contributed by atoms with Crippen molar-refractivity contribution in [2.45, 2.75) is 46.1 Å². The lowest BCUT2D eigenvalue weighted by molar-refractivity contribution is -0.122. The van der Waals surface area contributed by atoms with E-state index in [-0.39, 0.29) is 10.9 Å². The van der Waals surface area contributed by atoms with Crippen LogP contribution in [-0.2, 0) is 15.9 Å². The molecule has 10 nitrogen and oxygen atoms in total. The maximum absolute atomic E-state index is 12.7. The van der Waals surface area contributed by atoms with E-state index in [0.29, 0.717) is 12.2 Å². The number of hydrogen-bond donors (Lipinski definition) is 4. The Balaban J connectivity index is 2.29. The third kappa shape index (κ3) is 4.64. The first-order chi connectivity index (χ1) is 13.0. The largest absolute Gasteiger partial charge is 0.347 e. The number of aromatic nitrogens is 2. The molecule has 11 heteroatoms. The van der Waals surface area contributed by atoms with Crippen LogP contribution in [0.25, 0.3) is 11.0 Å². The molecule has 1 unspecified atom stereocenters. The monoisotopic (exact) mass is 410 g/mol. The lowest BCUT2D eigenvalue weighted by atomic mass is 10.1. The molecule has 2 atom stereocenters. The molecule has 0 spiro atoms. The molecule has 2 aromatic heterocycles. The van der Waals surface area contributed by atoms with E-state index in [0.717, 1.165) is 12.6 Å². The Morgan fingerprint density at radius 2 is 1.89 bits per heavy atom. The van der Waals surface area contributed by atoms with E-state index in [4.69, 9.17) is 9.79 Å². The second-order valence-electron chi connectivity index (χ2n) is 6.45. The van der Waals surface area contributed by atoms with Gasteiger partial charge in [-0.3, -0.25) is 18.9 Å². The number of carbonyl (C=O) groups is 2. The summed E-state index contributed by atoms with van der Waals surface area (Å²) in [5, 5.41) is 4.81. The van der Waals surface area contributed by atoms with Gasteiger partial charge in [0.05, 0.1) is 5.39 Å². The number of nitrogens with one attached hydrogen (secondary N) is 2. The molecule has 0 radical (unpaired) electrons. The second-order valence-corrected chi connectivity index (χ2v) is 8.40. The van der Waals surface area contributed by atoms with Crippen LogP contribution in [0.1, 0.15) is 36.8 Å². The Morgan fingerprint density at radius 3 is 2.46 bits per heavy atom. The van der Waals surface area contributed by atoms with Crippen LogP contribution in [0.4, 0.5) is 0 Å². The van der Waals surface area contributed by atoms with Gasteiger partial charge in [-0.1, -0.05) is 0 Å². The van der Waals surface area contributed by atoms with Gasteiger partial charge in [0, 0.05) is 18.4 Å². The van der Waals surface area contributed by atoms with Crippen LogP contribution in [0.5, 0.6) is 0 Å².